The number of hydrogen-bond acceptors (Lipinski definition) is 3. The predicted octanol–water partition coefficient (Wildman–Crippen LogP) is 0.839. The zero-order chi connectivity index (χ0) is 6.85. The Balaban J connectivity index is 2.44. The van der Waals surface area contributed by atoms with Gasteiger partial charge in [0.05, 0.1) is 5.88 Å². The van der Waals surface area contributed by atoms with E-state index in [9.17, 15) is 4.79 Å². The highest BCUT2D eigenvalue weighted by Crippen LogP contribution is 2.19. The van der Waals surface area contributed by atoms with Crippen molar-refractivity contribution in [2.24, 2.45) is 0 Å². The van der Waals surface area contributed by atoms with E-state index in [1.807, 2.05) is 0 Å². The highest BCUT2D eigenvalue weighted by molar-refractivity contribution is 7.81. The van der Waals surface area contributed by atoms with E-state index in [2.05, 4.69) is 12.6 Å². The summed E-state index contributed by atoms with van der Waals surface area (Å²) in [5.74, 6) is 0.131. The van der Waals surface area contributed by atoms with Crippen molar-refractivity contribution in [3.8, 4) is 0 Å². The van der Waals surface area contributed by atoms with Crippen LogP contribution in [0.3, 0.4) is 0 Å². The van der Waals surface area contributed by atoms with Crippen LogP contribution in [0.1, 0.15) is 6.42 Å². The molecule has 0 aliphatic carbocycles. The fourth-order valence-electron chi connectivity index (χ4n) is 0.731. The SMILES string of the molecule is O=C1O[C@H](CCl)C[C@@H]1S. The summed E-state index contributed by atoms with van der Waals surface area (Å²) in [6, 6.07) is 0. The molecule has 0 saturated carbocycles. The Morgan fingerprint density at radius 2 is 2.56 bits per heavy atom. The number of cyclic esters (lactones) is 1. The molecule has 1 rings (SSSR count). The normalized spacial score (nSPS) is 34.7. The first-order chi connectivity index (χ1) is 4.24. The van der Waals surface area contributed by atoms with Gasteiger partial charge in [0, 0.05) is 6.42 Å². The molecule has 0 amide bonds. The summed E-state index contributed by atoms with van der Waals surface area (Å²) in [6.07, 6.45) is 0.535. The molecule has 2 atom stereocenters. The summed E-state index contributed by atoms with van der Waals surface area (Å²) in [7, 11) is 0. The number of carbonyl (C=O) groups excluding carboxylic acids is 1. The Kier molecular flexibility index (Phi) is 2.24. The van der Waals surface area contributed by atoms with Crippen molar-refractivity contribution >= 4 is 30.2 Å². The summed E-state index contributed by atoms with van der Waals surface area (Å²) in [6.45, 7) is 0. The zero-order valence-electron chi connectivity index (χ0n) is 4.71. The van der Waals surface area contributed by atoms with E-state index in [1.54, 1.807) is 0 Å². The molecule has 0 radical (unpaired) electrons. The zero-order valence-corrected chi connectivity index (χ0v) is 6.36. The fourth-order valence-corrected chi connectivity index (χ4v) is 1.22. The molecule has 0 aromatic heterocycles. The third kappa shape index (κ3) is 1.52. The van der Waals surface area contributed by atoms with Crippen LogP contribution in [0.15, 0.2) is 0 Å². The smallest absolute Gasteiger partial charge is 0.319 e. The molecule has 1 saturated heterocycles. The van der Waals surface area contributed by atoms with Crippen LogP contribution in [0.4, 0.5) is 0 Å². The lowest BCUT2D eigenvalue weighted by Crippen LogP contribution is -2.07. The van der Waals surface area contributed by atoms with Crippen molar-refractivity contribution in [2.75, 3.05) is 5.88 Å². The van der Waals surface area contributed by atoms with Gasteiger partial charge in [-0.2, -0.15) is 12.6 Å². The second kappa shape index (κ2) is 2.80. The first-order valence-corrected chi connectivity index (χ1v) is 3.73. The quantitative estimate of drug-likeness (QED) is 0.355. The number of esters is 1. The van der Waals surface area contributed by atoms with Gasteiger partial charge in [-0.05, 0) is 0 Å². The minimum atomic E-state index is -0.256. The molecule has 1 heterocycles. The van der Waals surface area contributed by atoms with E-state index >= 15 is 0 Å². The number of rotatable bonds is 1. The van der Waals surface area contributed by atoms with Gasteiger partial charge in [0.15, 0.2) is 0 Å². The Morgan fingerprint density at radius 1 is 1.89 bits per heavy atom. The lowest BCUT2D eigenvalue weighted by molar-refractivity contribution is -0.140. The van der Waals surface area contributed by atoms with Crippen LogP contribution < -0.4 is 0 Å². The van der Waals surface area contributed by atoms with Gasteiger partial charge in [-0.25, -0.2) is 0 Å². The number of halogens is 1. The number of thiol groups is 1. The summed E-state index contributed by atoms with van der Waals surface area (Å²) in [4.78, 5) is 10.6. The molecule has 0 aromatic rings. The molecule has 0 aromatic carbocycles. The van der Waals surface area contributed by atoms with Crippen LogP contribution in [0, 0.1) is 0 Å². The summed E-state index contributed by atoms with van der Waals surface area (Å²) in [5.41, 5.74) is 0. The molecule has 0 unspecified atom stereocenters. The fraction of sp³-hybridized carbons (Fsp3) is 0.800. The Hall–Kier alpha value is 0.110. The van der Waals surface area contributed by atoms with Crippen LogP contribution in [0.2, 0.25) is 0 Å². The number of ether oxygens (including phenoxy) is 1. The Morgan fingerprint density at radius 3 is 2.78 bits per heavy atom. The van der Waals surface area contributed by atoms with Gasteiger partial charge in [-0.1, -0.05) is 0 Å². The molecule has 0 spiro atoms. The second-order valence-corrected chi connectivity index (χ2v) is 2.90. The van der Waals surface area contributed by atoms with Crippen LogP contribution in [-0.2, 0) is 9.53 Å². The predicted molar refractivity (Wildman–Crippen MR) is 38.0 cm³/mol. The molecule has 2 nitrogen and oxygen atoms in total. The van der Waals surface area contributed by atoms with Gasteiger partial charge < -0.3 is 4.74 Å². The van der Waals surface area contributed by atoms with E-state index in [0.29, 0.717) is 12.3 Å². The third-order valence-electron chi connectivity index (χ3n) is 1.21. The number of carbonyl (C=O) groups is 1. The minimum absolute atomic E-state index is 0.110. The number of hydrogen-bond donors (Lipinski definition) is 1. The highest BCUT2D eigenvalue weighted by atomic mass is 35.5. The van der Waals surface area contributed by atoms with Crippen molar-refractivity contribution in [2.45, 2.75) is 17.8 Å². The molecule has 0 bridgehead atoms. The first kappa shape index (κ1) is 7.22. The van der Waals surface area contributed by atoms with E-state index in [4.69, 9.17) is 16.3 Å². The lowest BCUT2D eigenvalue weighted by atomic mass is 10.2. The molecule has 52 valence electrons. The van der Waals surface area contributed by atoms with Crippen molar-refractivity contribution < 1.29 is 9.53 Å². The Bertz CT molecular complexity index is 128. The number of alkyl halides is 1. The van der Waals surface area contributed by atoms with E-state index in [-0.39, 0.29) is 17.3 Å². The summed E-state index contributed by atoms with van der Waals surface area (Å²) in [5, 5.41) is -0.256. The van der Waals surface area contributed by atoms with Gasteiger partial charge in [-0.3, -0.25) is 4.79 Å². The molecule has 0 N–H and O–H groups in total. The largest absolute Gasteiger partial charge is 0.460 e. The summed E-state index contributed by atoms with van der Waals surface area (Å²) < 4.78 is 4.78. The molecular formula is C5H7ClO2S. The lowest BCUT2D eigenvalue weighted by Gasteiger charge is -2.00. The van der Waals surface area contributed by atoms with Crippen LogP contribution in [0.25, 0.3) is 0 Å². The topological polar surface area (TPSA) is 26.3 Å². The second-order valence-electron chi connectivity index (χ2n) is 1.96. The van der Waals surface area contributed by atoms with Gasteiger partial charge in [0.25, 0.3) is 0 Å². The van der Waals surface area contributed by atoms with Crippen molar-refractivity contribution in [1.82, 2.24) is 0 Å². The van der Waals surface area contributed by atoms with Crippen molar-refractivity contribution in [1.29, 1.82) is 0 Å². The van der Waals surface area contributed by atoms with Crippen molar-refractivity contribution in [3.05, 3.63) is 0 Å². The van der Waals surface area contributed by atoms with Crippen LogP contribution >= 0.6 is 24.2 Å². The van der Waals surface area contributed by atoms with Crippen LogP contribution in [0.5, 0.6) is 0 Å². The molecule has 1 fully saturated rings. The minimum Gasteiger partial charge on any atom is -0.460 e. The van der Waals surface area contributed by atoms with E-state index < -0.39 is 0 Å². The molecular weight excluding hydrogens is 160 g/mol. The molecule has 9 heavy (non-hydrogen) atoms. The molecule has 1 aliphatic heterocycles. The van der Waals surface area contributed by atoms with Gasteiger partial charge in [0.1, 0.15) is 11.4 Å². The van der Waals surface area contributed by atoms with E-state index in [1.165, 1.54) is 0 Å². The van der Waals surface area contributed by atoms with Gasteiger partial charge in [0.2, 0.25) is 0 Å². The summed E-state index contributed by atoms with van der Waals surface area (Å²) >= 11 is 9.39. The maximum Gasteiger partial charge on any atom is 0.319 e. The van der Waals surface area contributed by atoms with E-state index in [0.717, 1.165) is 0 Å². The maximum atomic E-state index is 10.6. The monoisotopic (exact) mass is 166 g/mol. The first-order valence-electron chi connectivity index (χ1n) is 2.68. The average Bonchev–Trinajstić information content (AvgIpc) is 2.13. The highest BCUT2D eigenvalue weighted by Gasteiger charge is 2.30. The standard InChI is InChI=1S/C5H7ClO2S/c6-2-3-1-4(9)5(7)8-3/h3-4,9H,1-2H2/t3-,4-/m0/s1. The van der Waals surface area contributed by atoms with Crippen molar-refractivity contribution in [3.63, 3.8) is 0 Å². The maximum absolute atomic E-state index is 10.6. The van der Waals surface area contributed by atoms with Gasteiger partial charge >= 0.3 is 5.97 Å². The Labute approximate surface area is 63.9 Å². The van der Waals surface area contributed by atoms with Crippen LogP contribution in [-0.4, -0.2) is 23.2 Å². The average molecular weight is 167 g/mol. The third-order valence-corrected chi connectivity index (χ3v) is 1.98. The molecule has 1 aliphatic rings. The van der Waals surface area contributed by atoms with Gasteiger partial charge in [-0.15, -0.1) is 11.6 Å². The molecule has 4 heteroatoms.